The molecule has 9 heteroatoms. The number of halogens is 1. The number of carbonyl (C=O) groups is 3. The summed E-state index contributed by atoms with van der Waals surface area (Å²) in [6.45, 7) is 2.71. The van der Waals surface area contributed by atoms with Gasteiger partial charge in [0.1, 0.15) is 6.54 Å². The Morgan fingerprint density at radius 2 is 1.89 bits per heavy atom. The number of aryl methyl sites for hydroxylation is 1. The zero-order valence-electron chi connectivity index (χ0n) is 15.5. The van der Waals surface area contributed by atoms with Crippen molar-refractivity contribution in [2.75, 3.05) is 38.6 Å². The van der Waals surface area contributed by atoms with E-state index >= 15 is 0 Å². The van der Waals surface area contributed by atoms with Gasteiger partial charge < -0.3 is 4.90 Å². The Morgan fingerprint density at radius 3 is 2.52 bits per heavy atom. The van der Waals surface area contributed by atoms with Crippen molar-refractivity contribution in [1.82, 2.24) is 14.8 Å². The van der Waals surface area contributed by atoms with Crippen molar-refractivity contribution in [2.24, 2.45) is 0 Å². The van der Waals surface area contributed by atoms with E-state index in [-0.39, 0.29) is 37.1 Å². The molecule has 1 saturated heterocycles. The van der Waals surface area contributed by atoms with Crippen molar-refractivity contribution >= 4 is 56.0 Å². The maximum atomic E-state index is 12.9. The molecule has 0 atom stereocenters. The largest absolute Gasteiger partial charge is 0.308 e. The Hall–Kier alpha value is -2.03. The highest BCUT2D eigenvalue weighted by Crippen LogP contribution is 2.33. The predicted octanol–water partition coefficient (Wildman–Crippen LogP) is 2.30. The number of benzene rings is 1. The number of likely N-dealkylation sites (N-methyl/N-ethyl adjacent to an activating group) is 1. The van der Waals surface area contributed by atoms with E-state index in [0.29, 0.717) is 23.2 Å². The first kappa shape index (κ1) is 19.7. The Bertz CT molecular complexity index is 895. The third-order valence-corrected chi connectivity index (χ3v) is 5.63. The van der Waals surface area contributed by atoms with Crippen LogP contribution in [0.3, 0.4) is 0 Å². The van der Waals surface area contributed by atoms with Gasteiger partial charge in [-0.25, -0.2) is 4.98 Å². The van der Waals surface area contributed by atoms with Crippen molar-refractivity contribution in [3.8, 4) is 0 Å². The first-order chi connectivity index (χ1) is 12.8. The summed E-state index contributed by atoms with van der Waals surface area (Å²) in [5.74, 6) is -0.913. The molecule has 1 aliphatic heterocycles. The second-order valence-corrected chi connectivity index (χ2v) is 8.23. The fraction of sp³-hybridized carbons (Fsp3) is 0.444. The van der Waals surface area contributed by atoms with Crippen LogP contribution in [0.4, 0.5) is 5.13 Å². The number of hydrogen-bond donors (Lipinski definition) is 0. The fourth-order valence-corrected chi connectivity index (χ4v) is 4.37. The van der Waals surface area contributed by atoms with Crippen molar-refractivity contribution in [1.29, 1.82) is 0 Å². The molecule has 144 valence electrons. The minimum Gasteiger partial charge on any atom is -0.308 e. The van der Waals surface area contributed by atoms with Gasteiger partial charge in [-0.1, -0.05) is 22.9 Å². The van der Waals surface area contributed by atoms with Gasteiger partial charge in [-0.05, 0) is 38.7 Å². The van der Waals surface area contributed by atoms with Crippen LogP contribution in [0.1, 0.15) is 18.4 Å². The lowest BCUT2D eigenvalue weighted by Gasteiger charge is -2.24. The molecule has 1 aromatic carbocycles. The van der Waals surface area contributed by atoms with Gasteiger partial charge in [-0.15, -0.1) is 0 Å². The second kappa shape index (κ2) is 7.92. The molecular weight excluding hydrogens is 388 g/mol. The van der Waals surface area contributed by atoms with Gasteiger partial charge >= 0.3 is 0 Å². The molecule has 0 aliphatic carbocycles. The number of nitrogens with zero attached hydrogens (tertiary/aromatic N) is 4. The highest BCUT2D eigenvalue weighted by Gasteiger charge is 2.32. The van der Waals surface area contributed by atoms with E-state index in [0.717, 1.165) is 20.7 Å². The average Bonchev–Trinajstić information content (AvgIpc) is 3.13. The Morgan fingerprint density at radius 1 is 1.22 bits per heavy atom. The van der Waals surface area contributed by atoms with Crippen molar-refractivity contribution in [3.63, 3.8) is 0 Å². The molecule has 1 aromatic heterocycles. The number of carbonyl (C=O) groups excluding carboxylic acids is 3. The molecule has 1 fully saturated rings. The first-order valence-corrected chi connectivity index (χ1v) is 9.80. The average molecular weight is 409 g/mol. The summed E-state index contributed by atoms with van der Waals surface area (Å²) in [6, 6.07) is 3.66. The van der Waals surface area contributed by atoms with Gasteiger partial charge in [0.2, 0.25) is 17.7 Å². The molecule has 0 radical (unpaired) electrons. The fourth-order valence-electron chi connectivity index (χ4n) is 2.90. The SMILES string of the molecule is Cc1cc(Cl)cc2sc(N(CCN(C)C)C(=O)CN3C(=O)CCC3=O)nc12. The van der Waals surface area contributed by atoms with Crippen LogP contribution in [-0.4, -0.2) is 66.2 Å². The number of imide groups is 1. The van der Waals surface area contributed by atoms with Crippen LogP contribution in [0.5, 0.6) is 0 Å². The second-order valence-electron chi connectivity index (χ2n) is 6.79. The molecule has 0 spiro atoms. The number of likely N-dealkylation sites (tertiary alicyclic amines) is 1. The van der Waals surface area contributed by atoms with Gasteiger partial charge in [-0.2, -0.15) is 0 Å². The molecule has 2 aromatic rings. The zero-order valence-corrected chi connectivity index (χ0v) is 17.1. The summed E-state index contributed by atoms with van der Waals surface area (Å²) in [5.41, 5.74) is 1.74. The lowest BCUT2D eigenvalue weighted by molar-refractivity contribution is -0.141. The zero-order chi connectivity index (χ0) is 19.7. The molecule has 1 aliphatic rings. The molecular formula is C18H21ClN4O3S. The smallest absolute Gasteiger partial charge is 0.248 e. The summed E-state index contributed by atoms with van der Waals surface area (Å²) >= 11 is 7.51. The third-order valence-electron chi connectivity index (χ3n) is 4.39. The van der Waals surface area contributed by atoms with Gasteiger partial charge in [0.15, 0.2) is 5.13 Å². The van der Waals surface area contributed by atoms with E-state index in [4.69, 9.17) is 11.6 Å². The molecule has 2 heterocycles. The van der Waals surface area contributed by atoms with Gasteiger partial charge in [0.05, 0.1) is 10.2 Å². The summed E-state index contributed by atoms with van der Waals surface area (Å²) in [6.07, 6.45) is 0.339. The molecule has 0 N–H and O–H groups in total. The van der Waals surface area contributed by atoms with Gasteiger partial charge in [0.25, 0.3) is 0 Å². The number of amides is 3. The van der Waals surface area contributed by atoms with Crippen LogP contribution in [0.15, 0.2) is 12.1 Å². The normalized spacial score (nSPS) is 14.6. The molecule has 0 bridgehead atoms. The van der Waals surface area contributed by atoms with E-state index in [1.54, 1.807) is 4.90 Å². The van der Waals surface area contributed by atoms with Crippen molar-refractivity contribution in [3.05, 3.63) is 22.7 Å². The number of hydrogen-bond acceptors (Lipinski definition) is 6. The van der Waals surface area contributed by atoms with Crippen LogP contribution in [0, 0.1) is 6.92 Å². The van der Waals surface area contributed by atoms with Crippen molar-refractivity contribution < 1.29 is 14.4 Å². The maximum Gasteiger partial charge on any atom is 0.248 e. The summed E-state index contributed by atoms with van der Waals surface area (Å²) in [5, 5.41) is 1.16. The standard InChI is InChI=1S/C18H21ClN4O3S/c1-11-8-12(19)9-13-17(11)20-18(27-13)22(7-6-21(2)3)16(26)10-23-14(24)4-5-15(23)25/h8-9H,4-7,10H2,1-3H3. The Balaban J connectivity index is 1.91. The van der Waals surface area contributed by atoms with Crippen LogP contribution in [0.25, 0.3) is 10.2 Å². The van der Waals surface area contributed by atoms with E-state index in [2.05, 4.69) is 4.98 Å². The quantitative estimate of drug-likeness (QED) is 0.686. The van der Waals surface area contributed by atoms with Crippen molar-refractivity contribution in [2.45, 2.75) is 19.8 Å². The van der Waals surface area contributed by atoms with E-state index in [9.17, 15) is 14.4 Å². The third kappa shape index (κ3) is 4.28. The topological polar surface area (TPSA) is 73.8 Å². The predicted molar refractivity (Wildman–Crippen MR) is 106 cm³/mol. The lowest BCUT2D eigenvalue weighted by atomic mass is 10.2. The van der Waals surface area contributed by atoms with Gasteiger partial charge in [-0.3, -0.25) is 24.2 Å². The number of fused-ring (bicyclic) bond motifs is 1. The number of rotatable bonds is 6. The van der Waals surface area contributed by atoms with E-state index in [1.165, 1.54) is 11.3 Å². The molecule has 3 amide bonds. The number of anilines is 1. The maximum absolute atomic E-state index is 12.9. The van der Waals surface area contributed by atoms with Crippen LogP contribution in [-0.2, 0) is 14.4 Å². The van der Waals surface area contributed by atoms with Crippen LogP contribution < -0.4 is 4.90 Å². The summed E-state index contributed by atoms with van der Waals surface area (Å²) in [7, 11) is 3.83. The summed E-state index contributed by atoms with van der Waals surface area (Å²) in [4.78, 5) is 45.8. The van der Waals surface area contributed by atoms with E-state index in [1.807, 2.05) is 38.1 Å². The van der Waals surface area contributed by atoms with Crippen LogP contribution >= 0.6 is 22.9 Å². The highest BCUT2D eigenvalue weighted by molar-refractivity contribution is 7.22. The first-order valence-electron chi connectivity index (χ1n) is 8.61. The van der Waals surface area contributed by atoms with Crippen LogP contribution in [0.2, 0.25) is 5.02 Å². The molecule has 7 nitrogen and oxygen atoms in total. The molecule has 0 saturated carbocycles. The Labute approximate surface area is 166 Å². The lowest BCUT2D eigenvalue weighted by Crippen LogP contribution is -2.44. The molecule has 27 heavy (non-hydrogen) atoms. The molecule has 3 rings (SSSR count). The van der Waals surface area contributed by atoms with Gasteiger partial charge in [0, 0.05) is 31.0 Å². The molecule has 0 unspecified atom stereocenters. The highest BCUT2D eigenvalue weighted by atomic mass is 35.5. The number of thiazole rings is 1. The summed E-state index contributed by atoms with van der Waals surface area (Å²) < 4.78 is 0.894. The minimum absolute atomic E-state index is 0.169. The monoisotopic (exact) mass is 408 g/mol. The minimum atomic E-state index is -0.316. The Kier molecular flexibility index (Phi) is 5.78. The van der Waals surface area contributed by atoms with E-state index < -0.39 is 0 Å². The number of aromatic nitrogens is 1.